The van der Waals surface area contributed by atoms with E-state index in [2.05, 4.69) is 0 Å². The monoisotopic (exact) mass is 282 g/mol. The van der Waals surface area contributed by atoms with E-state index in [0.29, 0.717) is 11.1 Å². The van der Waals surface area contributed by atoms with Crippen molar-refractivity contribution in [1.29, 1.82) is 0 Å². The van der Waals surface area contributed by atoms with Gasteiger partial charge in [-0.3, -0.25) is 0 Å². The van der Waals surface area contributed by atoms with Gasteiger partial charge in [0.1, 0.15) is 0 Å². The van der Waals surface area contributed by atoms with Crippen LogP contribution in [-0.4, -0.2) is 23.1 Å². The van der Waals surface area contributed by atoms with E-state index in [-0.39, 0.29) is 10.6 Å². The molecule has 0 aromatic heterocycles. The Hall–Kier alpha value is -0.590. The van der Waals surface area contributed by atoms with E-state index >= 15 is 0 Å². The molecule has 0 bridgehead atoms. The molecule has 0 aliphatic rings. The molecule has 0 heterocycles. The van der Waals surface area contributed by atoms with Crippen LogP contribution in [-0.2, 0) is 24.6 Å². The Morgan fingerprint density at radius 3 is 2.12 bits per heavy atom. The number of sulfone groups is 1. The van der Waals surface area contributed by atoms with Crippen molar-refractivity contribution in [1.82, 2.24) is 0 Å². The van der Waals surface area contributed by atoms with E-state index in [1.807, 2.05) is 0 Å². The Balaban J connectivity index is 3.20. The summed E-state index contributed by atoms with van der Waals surface area (Å²) in [4.78, 5) is 0.197. The maximum absolute atomic E-state index is 11.3. The minimum Gasteiger partial charge on any atom is -0.224 e. The molecule has 0 atom stereocenters. The number of rotatable bonds is 3. The second kappa shape index (κ2) is 4.35. The molecule has 0 saturated heterocycles. The first kappa shape index (κ1) is 13.5. The van der Waals surface area contributed by atoms with E-state index in [1.165, 1.54) is 18.2 Å². The second-order valence-electron chi connectivity index (χ2n) is 3.56. The Kier molecular flexibility index (Phi) is 3.66. The summed E-state index contributed by atoms with van der Waals surface area (Å²) in [6, 6.07) is 4.35. The average Bonchev–Trinajstić information content (AvgIpc) is 1.97. The first-order valence-corrected chi connectivity index (χ1v) is 8.68. The average molecular weight is 283 g/mol. The summed E-state index contributed by atoms with van der Waals surface area (Å²) in [5.41, 5.74) is 0.986. The predicted octanol–water partition coefficient (Wildman–Crippen LogP) is 1.47. The number of halogens is 1. The molecule has 0 radical (unpaired) electrons. The lowest BCUT2D eigenvalue weighted by Crippen LogP contribution is -2.02. The summed E-state index contributed by atoms with van der Waals surface area (Å²) >= 11 is 0. The molecule has 0 fully saturated rings. The quantitative estimate of drug-likeness (QED) is 0.787. The third-order valence-electron chi connectivity index (χ3n) is 1.98. The lowest BCUT2D eigenvalue weighted by molar-refractivity contribution is 0.601. The van der Waals surface area contributed by atoms with Gasteiger partial charge in [-0.15, -0.1) is 0 Å². The van der Waals surface area contributed by atoms with Gasteiger partial charge in [-0.25, -0.2) is 16.8 Å². The van der Waals surface area contributed by atoms with Crippen molar-refractivity contribution in [3.63, 3.8) is 0 Å². The molecule has 1 rings (SSSR count). The molecule has 0 unspecified atom stereocenters. The predicted molar refractivity (Wildman–Crippen MR) is 62.8 cm³/mol. The van der Waals surface area contributed by atoms with Crippen LogP contribution in [0.2, 0.25) is 0 Å². The summed E-state index contributed by atoms with van der Waals surface area (Å²) in [6.45, 7) is 1.61. The normalized spacial score (nSPS) is 12.7. The summed E-state index contributed by atoms with van der Waals surface area (Å²) in [6.07, 6.45) is 1.10. The molecule has 90 valence electrons. The Morgan fingerprint density at radius 1 is 1.19 bits per heavy atom. The minimum absolute atomic E-state index is 0.197. The molecule has 1 aromatic rings. The van der Waals surface area contributed by atoms with E-state index < -0.39 is 18.9 Å². The minimum atomic E-state index is -3.62. The van der Waals surface area contributed by atoms with Crippen LogP contribution in [0.1, 0.15) is 11.1 Å². The zero-order valence-corrected chi connectivity index (χ0v) is 11.2. The largest absolute Gasteiger partial charge is 0.236 e. The highest BCUT2D eigenvalue weighted by Crippen LogP contribution is 2.18. The Bertz CT molecular complexity index is 602. The lowest BCUT2D eigenvalue weighted by atomic mass is 10.2. The number of hydrogen-bond acceptors (Lipinski definition) is 4. The second-order valence-corrected chi connectivity index (χ2v) is 8.32. The van der Waals surface area contributed by atoms with Crippen molar-refractivity contribution >= 4 is 29.6 Å². The van der Waals surface area contributed by atoms with Crippen LogP contribution in [0.3, 0.4) is 0 Å². The van der Waals surface area contributed by atoms with Gasteiger partial charge in [-0.1, -0.05) is 12.1 Å². The van der Waals surface area contributed by atoms with E-state index in [4.69, 9.17) is 10.7 Å². The van der Waals surface area contributed by atoms with Crippen LogP contribution in [0.4, 0.5) is 0 Å². The molecule has 4 nitrogen and oxygen atoms in total. The fraction of sp³-hybridized carbons (Fsp3) is 0.333. The van der Waals surface area contributed by atoms with Gasteiger partial charge >= 0.3 is 0 Å². The van der Waals surface area contributed by atoms with Crippen molar-refractivity contribution in [3.8, 4) is 0 Å². The topological polar surface area (TPSA) is 68.3 Å². The van der Waals surface area contributed by atoms with Crippen molar-refractivity contribution in [2.45, 2.75) is 17.6 Å². The molecule has 7 heteroatoms. The van der Waals surface area contributed by atoms with Crippen LogP contribution in [0.15, 0.2) is 23.1 Å². The van der Waals surface area contributed by atoms with E-state index in [9.17, 15) is 16.8 Å². The maximum Gasteiger partial charge on any atom is 0.236 e. The first-order chi connectivity index (χ1) is 7.09. The van der Waals surface area contributed by atoms with Gasteiger partial charge in [0.15, 0.2) is 9.84 Å². The molecule has 0 N–H and O–H groups in total. The molecule has 1 aromatic carbocycles. The fourth-order valence-electron chi connectivity index (χ4n) is 1.42. The molecular formula is C9H11ClO4S2. The van der Waals surface area contributed by atoms with Crippen LogP contribution >= 0.6 is 10.7 Å². The van der Waals surface area contributed by atoms with Gasteiger partial charge in [0.25, 0.3) is 0 Å². The van der Waals surface area contributed by atoms with Gasteiger partial charge in [-0.2, -0.15) is 0 Å². The SMILES string of the molecule is Cc1cc(CS(=O)(=O)Cl)ccc1S(C)(=O)=O. The summed E-state index contributed by atoms with van der Waals surface area (Å²) in [7, 11) is -1.79. The zero-order valence-electron chi connectivity index (χ0n) is 8.77. The number of hydrogen-bond donors (Lipinski definition) is 0. The van der Waals surface area contributed by atoms with Crippen molar-refractivity contribution in [3.05, 3.63) is 29.3 Å². The molecular weight excluding hydrogens is 272 g/mol. The van der Waals surface area contributed by atoms with Crippen LogP contribution < -0.4 is 0 Å². The summed E-state index contributed by atoms with van der Waals surface area (Å²) in [5, 5.41) is 0. The van der Waals surface area contributed by atoms with E-state index in [1.54, 1.807) is 6.92 Å². The van der Waals surface area contributed by atoms with Crippen LogP contribution in [0, 0.1) is 6.92 Å². The first-order valence-electron chi connectivity index (χ1n) is 4.31. The van der Waals surface area contributed by atoms with Crippen molar-refractivity contribution < 1.29 is 16.8 Å². The fourth-order valence-corrected chi connectivity index (χ4v) is 3.33. The zero-order chi connectivity index (χ0) is 12.6. The van der Waals surface area contributed by atoms with Gasteiger partial charge in [-0.05, 0) is 24.1 Å². The van der Waals surface area contributed by atoms with Gasteiger partial charge in [0.05, 0.1) is 10.6 Å². The van der Waals surface area contributed by atoms with Gasteiger partial charge < -0.3 is 0 Å². The highest BCUT2D eigenvalue weighted by Gasteiger charge is 2.13. The van der Waals surface area contributed by atoms with Crippen LogP contribution in [0.5, 0.6) is 0 Å². The summed E-state index contributed by atoms with van der Waals surface area (Å²) in [5.74, 6) is -0.306. The lowest BCUT2D eigenvalue weighted by Gasteiger charge is -2.05. The third kappa shape index (κ3) is 3.77. The smallest absolute Gasteiger partial charge is 0.224 e. The number of benzene rings is 1. The molecule has 0 spiro atoms. The van der Waals surface area contributed by atoms with Gasteiger partial charge in [0.2, 0.25) is 9.05 Å². The van der Waals surface area contributed by atoms with Crippen molar-refractivity contribution in [2.24, 2.45) is 0 Å². The standard InChI is InChI=1S/C9H11ClO4S2/c1-7-5-8(6-16(10,13)14)3-4-9(7)15(2,11)12/h3-5H,6H2,1-2H3. The Labute approximate surface area is 99.6 Å². The molecule has 0 aliphatic heterocycles. The number of aryl methyl sites for hydroxylation is 1. The molecule has 16 heavy (non-hydrogen) atoms. The summed E-state index contributed by atoms with van der Waals surface area (Å²) < 4.78 is 44.3. The maximum atomic E-state index is 11.3. The molecule has 0 aliphatic carbocycles. The van der Waals surface area contributed by atoms with Gasteiger partial charge in [0, 0.05) is 16.9 Å². The van der Waals surface area contributed by atoms with Crippen LogP contribution in [0.25, 0.3) is 0 Å². The Morgan fingerprint density at radius 2 is 1.75 bits per heavy atom. The van der Waals surface area contributed by atoms with Crippen molar-refractivity contribution in [2.75, 3.05) is 6.26 Å². The third-order valence-corrected chi connectivity index (χ3v) is 4.24. The van der Waals surface area contributed by atoms with E-state index in [0.717, 1.165) is 6.26 Å². The molecule has 0 saturated carbocycles. The highest BCUT2D eigenvalue weighted by molar-refractivity contribution is 8.13. The molecule has 0 amide bonds. The highest BCUT2D eigenvalue weighted by atomic mass is 35.7.